The van der Waals surface area contributed by atoms with E-state index in [0.717, 1.165) is 0 Å². The molecular formula is C13H11Cl2N3O3. The van der Waals surface area contributed by atoms with Gasteiger partial charge in [-0.25, -0.2) is 9.78 Å². The van der Waals surface area contributed by atoms with Crippen LogP contribution in [0.1, 0.15) is 16.8 Å². The summed E-state index contributed by atoms with van der Waals surface area (Å²) in [5, 5.41) is 11.8. The lowest BCUT2D eigenvalue weighted by Gasteiger charge is -2.12. The number of halogens is 2. The van der Waals surface area contributed by atoms with Crippen molar-refractivity contribution in [3.05, 3.63) is 46.5 Å². The Balaban J connectivity index is 2.13. The van der Waals surface area contributed by atoms with Crippen molar-refractivity contribution >= 4 is 40.8 Å². The maximum absolute atomic E-state index is 11.9. The van der Waals surface area contributed by atoms with Gasteiger partial charge in [-0.15, -0.1) is 0 Å². The summed E-state index contributed by atoms with van der Waals surface area (Å²) in [6, 6.07) is 2.80. The minimum Gasteiger partial charge on any atom is -0.478 e. The maximum atomic E-state index is 11.9. The predicted molar refractivity (Wildman–Crippen MR) is 78.9 cm³/mol. The third kappa shape index (κ3) is 3.74. The fraction of sp³-hybridized carbons (Fsp3) is 0.154. The smallest absolute Gasteiger partial charge is 0.339 e. The van der Waals surface area contributed by atoms with E-state index < -0.39 is 5.97 Å². The SMILES string of the molecule is O=C(CCn1ccnc1)Nc1c(Cl)ccc(Cl)c1C(=O)O. The van der Waals surface area contributed by atoms with Crippen molar-refractivity contribution in [1.29, 1.82) is 0 Å². The molecule has 0 aliphatic carbocycles. The van der Waals surface area contributed by atoms with Crippen molar-refractivity contribution in [3.8, 4) is 0 Å². The summed E-state index contributed by atoms with van der Waals surface area (Å²) in [5.41, 5.74) is -0.215. The average Bonchev–Trinajstić information content (AvgIpc) is 2.93. The second-order valence-electron chi connectivity index (χ2n) is 4.18. The monoisotopic (exact) mass is 327 g/mol. The fourth-order valence-electron chi connectivity index (χ4n) is 1.73. The van der Waals surface area contributed by atoms with Crippen LogP contribution >= 0.6 is 23.2 Å². The zero-order valence-electron chi connectivity index (χ0n) is 10.7. The van der Waals surface area contributed by atoms with Crippen molar-refractivity contribution in [1.82, 2.24) is 9.55 Å². The van der Waals surface area contributed by atoms with Crippen molar-refractivity contribution in [2.45, 2.75) is 13.0 Å². The van der Waals surface area contributed by atoms with E-state index in [2.05, 4.69) is 10.3 Å². The Labute approximate surface area is 130 Å². The van der Waals surface area contributed by atoms with E-state index >= 15 is 0 Å². The Bertz CT molecular complexity index is 672. The second-order valence-corrected chi connectivity index (χ2v) is 5.00. The topological polar surface area (TPSA) is 84.2 Å². The molecule has 0 fully saturated rings. The quantitative estimate of drug-likeness (QED) is 0.884. The number of carboxylic acids is 1. The number of aromatic carboxylic acids is 1. The molecular weight excluding hydrogens is 317 g/mol. The van der Waals surface area contributed by atoms with Crippen LogP contribution in [0.25, 0.3) is 0 Å². The Hall–Kier alpha value is -2.05. The van der Waals surface area contributed by atoms with Gasteiger partial charge < -0.3 is 15.0 Å². The first kappa shape index (κ1) is 15.3. The molecule has 0 aliphatic heterocycles. The van der Waals surface area contributed by atoms with Crippen LogP contribution in [-0.4, -0.2) is 26.5 Å². The summed E-state index contributed by atoms with van der Waals surface area (Å²) in [4.78, 5) is 27.0. The van der Waals surface area contributed by atoms with Gasteiger partial charge in [0, 0.05) is 25.4 Å². The summed E-state index contributed by atoms with van der Waals surface area (Å²) in [7, 11) is 0. The molecule has 2 N–H and O–H groups in total. The van der Waals surface area contributed by atoms with Gasteiger partial charge in [0.2, 0.25) is 5.91 Å². The first-order valence-corrected chi connectivity index (χ1v) is 6.71. The fourth-order valence-corrected chi connectivity index (χ4v) is 2.18. The van der Waals surface area contributed by atoms with Crippen molar-refractivity contribution in [2.24, 2.45) is 0 Å². The lowest BCUT2D eigenvalue weighted by atomic mass is 10.1. The summed E-state index contributed by atoms with van der Waals surface area (Å²) in [6.07, 6.45) is 5.07. The number of hydrogen-bond acceptors (Lipinski definition) is 3. The molecule has 0 unspecified atom stereocenters. The number of rotatable bonds is 5. The molecule has 0 saturated heterocycles. The van der Waals surface area contributed by atoms with Gasteiger partial charge in [-0.3, -0.25) is 4.79 Å². The number of carbonyl (C=O) groups excluding carboxylic acids is 1. The number of benzene rings is 1. The number of amides is 1. The number of imidazole rings is 1. The van der Waals surface area contributed by atoms with Crippen LogP contribution in [0.5, 0.6) is 0 Å². The molecule has 0 spiro atoms. The van der Waals surface area contributed by atoms with Crippen LogP contribution in [-0.2, 0) is 11.3 Å². The molecule has 110 valence electrons. The highest BCUT2D eigenvalue weighted by atomic mass is 35.5. The van der Waals surface area contributed by atoms with Crippen molar-refractivity contribution in [2.75, 3.05) is 5.32 Å². The van der Waals surface area contributed by atoms with Gasteiger partial charge in [-0.05, 0) is 12.1 Å². The Morgan fingerprint density at radius 1 is 1.29 bits per heavy atom. The lowest BCUT2D eigenvalue weighted by Crippen LogP contribution is -2.17. The third-order valence-electron chi connectivity index (χ3n) is 2.74. The van der Waals surface area contributed by atoms with E-state index in [9.17, 15) is 9.59 Å². The third-order valence-corrected chi connectivity index (χ3v) is 3.37. The van der Waals surface area contributed by atoms with E-state index in [0.29, 0.717) is 6.54 Å². The van der Waals surface area contributed by atoms with Crippen molar-refractivity contribution < 1.29 is 14.7 Å². The maximum Gasteiger partial charge on any atom is 0.339 e. The molecule has 0 saturated carbocycles. The highest BCUT2D eigenvalue weighted by molar-refractivity contribution is 6.38. The Kier molecular flexibility index (Phi) is 4.82. The van der Waals surface area contributed by atoms with Gasteiger partial charge in [0.05, 0.1) is 22.1 Å². The lowest BCUT2D eigenvalue weighted by molar-refractivity contribution is -0.116. The number of nitrogens with one attached hydrogen (secondary N) is 1. The number of anilines is 1. The van der Waals surface area contributed by atoms with Crippen LogP contribution in [0.4, 0.5) is 5.69 Å². The predicted octanol–water partition coefficient (Wildman–Crippen LogP) is 2.92. The van der Waals surface area contributed by atoms with Gasteiger partial charge in [0.1, 0.15) is 5.56 Å². The zero-order valence-corrected chi connectivity index (χ0v) is 12.2. The molecule has 0 bridgehead atoms. The molecule has 0 atom stereocenters. The van der Waals surface area contributed by atoms with E-state index in [1.807, 2.05) is 0 Å². The standard InChI is InChI=1S/C13H11Cl2N3O3/c14-8-1-2-9(15)12(11(8)13(20)21)17-10(19)3-5-18-6-4-16-7-18/h1-2,4,6-7H,3,5H2,(H,17,19)(H,20,21). The molecule has 8 heteroatoms. The molecule has 6 nitrogen and oxygen atoms in total. The molecule has 1 heterocycles. The second kappa shape index (κ2) is 6.60. The number of aromatic nitrogens is 2. The summed E-state index contributed by atoms with van der Waals surface area (Å²) in [5.74, 6) is -1.62. The molecule has 1 aromatic heterocycles. The van der Waals surface area contributed by atoms with Gasteiger partial charge in [-0.1, -0.05) is 23.2 Å². The summed E-state index contributed by atoms with van der Waals surface area (Å²) >= 11 is 11.8. The Morgan fingerprint density at radius 2 is 2.00 bits per heavy atom. The minimum atomic E-state index is -1.26. The molecule has 2 aromatic rings. The average molecular weight is 328 g/mol. The molecule has 1 aromatic carbocycles. The van der Waals surface area contributed by atoms with Gasteiger partial charge in [0.15, 0.2) is 0 Å². The highest BCUT2D eigenvalue weighted by Crippen LogP contribution is 2.32. The number of carbonyl (C=O) groups is 2. The number of carboxylic acid groups (broad SMARTS) is 1. The van der Waals surface area contributed by atoms with Crippen LogP contribution in [0.15, 0.2) is 30.9 Å². The van der Waals surface area contributed by atoms with Crippen LogP contribution in [0.3, 0.4) is 0 Å². The first-order chi connectivity index (χ1) is 9.99. The normalized spacial score (nSPS) is 10.4. The molecule has 2 rings (SSSR count). The van der Waals surface area contributed by atoms with Crippen LogP contribution in [0.2, 0.25) is 10.0 Å². The zero-order chi connectivity index (χ0) is 15.4. The van der Waals surface area contributed by atoms with Crippen LogP contribution in [0, 0.1) is 0 Å². The molecule has 0 aliphatic rings. The highest BCUT2D eigenvalue weighted by Gasteiger charge is 2.19. The molecule has 1 amide bonds. The minimum absolute atomic E-state index is 0.00676. The van der Waals surface area contributed by atoms with Crippen LogP contribution < -0.4 is 5.32 Å². The van der Waals surface area contributed by atoms with E-state index in [-0.39, 0.29) is 33.6 Å². The van der Waals surface area contributed by atoms with Crippen molar-refractivity contribution in [3.63, 3.8) is 0 Å². The number of aryl methyl sites for hydroxylation is 1. The van der Waals surface area contributed by atoms with E-state index in [1.165, 1.54) is 12.1 Å². The summed E-state index contributed by atoms with van der Waals surface area (Å²) in [6.45, 7) is 0.423. The van der Waals surface area contributed by atoms with Gasteiger partial charge in [0.25, 0.3) is 0 Å². The molecule has 0 radical (unpaired) electrons. The van der Waals surface area contributed by atoms with E-state index in [1.54, 1.807) is 23.3 Å². The van der Waals surface area contributed by atoms with Gasteiger partial charge in [-0.2, -0.15) is 0 Å². The first-order valence-electron chi connectivity index (χ1n) is 5.96. The molecule has 21 heavy (non-hydrogen) atoms. The largest absolute Gasteiger partial charge is 0.478 e. The summed E-state index contributed by atoms with van der Waals surface area (Å²) < 4.78 is 1.73. The van der Waals surface area contributed by atoms with Gasteiger partial charge >= 0.3 is 5.97 Å². The van der Waals surface area contributed by atoms with E-state index in [4.69, 9.17) is 28.3 Å². The Morgan fingerprint density at radius 3 is 2.62 bits per heavy atom. The number of nitrogens with zero attached hydrogens (tertiary/aromatic N) is 2. The number of hydrogen-bond donors (Lipinski definition) is 2.